The second-order valence-corrected chi connectivity index (χ2v) is 7.10. The number of β-amino-alcohol motifs (C(OH)–C–C–N with tert-alkyl or cyclic N) is 1. The van der Waals surface area contributed by atoms with Gasteiger partial charge in [0.05, 0.1) is 18.9 Å². The van der Waals surface area contributed by atoms with Gasteiger partial charge in [-0.2, -0.15) is 5.10 Å². The molecule has 1 aromatic heterocycles. The molecule has 0 aliphatic carbocycles. The molecule has 1 saturated heterocycles. The standard InChI is InChI=1S/C19H24N4O3/c1-21-10-16(8-20-21)26-18-12-22(11-17(18)24)13-19(25)23-7-6-14-4-2-3-5-15(14)9-23/h2-5,8,10,17-18,24H,6-7,9,11-13H2,1H3/t17-,18-/m1/s1. The summed E-state index contributed by atoms with van der Waals surface area (Å²) in [5.41, 5.74) is 2.56. The van der Waals surface area contributed by atoms with Gasteiger partial charge in [0, 0.05) is 33.2 Å². The number of fused-ring (bicyclic) bond motifs is 1. The van der Waals surface area contributed by atoms with Crippen LogP contribution in [0.2, 0.25) is 0 Å². The van der Waals surface area contributed by atoms with E-state index in [1.54, 1.807) is 17.1 Å². The van der Waals surface area contributed by atoms with Crippen LogP contribution >= 0.6 is 0 Å². The number of aliphatic hydroxyl groups excluding tert-OH is 1. The van der Waals surface area contributed by atoms with E-state index in [4.69, 9.17) is 4.74 Å². The third kappa shape index (κ3) is 3.59. The van der Waals surface area contributed by atoms with E-state index in [9.17, 15) is 9.90 Å². The van der Waals surface area contributed by atoms with Gasteiger partial charge in [-0.15, -0.1) is 0 Å². The summed E-state index contributed by atoms with van der Waals surface area (Å²) in [6.45, 7) is 2.71. The number of hydrogen-bond donors (Lipinski definition) is 1. The summed E-state index contributed by atoms with van der Waals surface area (Å²) in [6, 6.07) is 8.29. The van der Waals surface area contributed by atoms with E-state index in [0.29, 0.717) is 31.9 Å². The summed E-state index contributed by atoms with van der Waals surface area (Å²) in [7, 11) is 1.82. The van der Waals surface area contributed by atoms with Gasteiger partial charge in [0.1, 0.15) is 12.2 Å². The van der Waals surface area contributed by atoms with E-state index in [1.165, 1.54) is 11.1 Å². The lowest BCUT2D eigenvalue weighted by molar-refractivity contribution is -0.133. The van der Waals surface area contributed by atoms with Crippen molar-refractivity contribution in [3.8, 4) is 5.75 Å². The predicted octanol–water partition coefficient (Wildman–Crippen LogP) is 0.429. The highest BCUT2D eigenvalue weighted by molar-refractivity contribution is 5.78. The molecule has 138 valence electrons. The lowest BCUT2D eigenvalue weighted by Gasteiger charge is -2.30. The van der Waals surface area contributed by atoms with Crippen LogP contribution in [0, 0.1) is 0 Å². The molecule has 1 amide bonds. The molecule has 2 atom stereocenters. The van der Waals surface area contributed by atoms with Gasteiger partial charge in [0.25, 0.3) is 0 Å². The van der Waals surface area contributed by atoms with Crippen LogP contribution < -0.4 is 4.74 Å². The number of carbonyl (C=O) groups is 1. The van der Waals surface area contributed by atoms with Crippen molar-refractivity contribution in [2.45, 2.75) is 25.2 Å². The fraction of sp³-hybridized carbons (Fsp3) is 0.474. The van der Waals surface area contributed by atoms with Gasteiger partial charge >= 0.3 is 0 Å². The number of aliphatic hydroxyl groups is 1. The number of aryl methyl sites for hydroxylation is 1. The Morgan fingerprint density at radius 2 is 2.12 bits per heavy atom. The predicted molar refractivity (Wildman–Crippen MR) is 95.6 cm³/mol. The highest BCUT2D eigenvalue weighted by Gasteiger charge is 2.35. The lowest BCUT2D eigenvalue weighted by Crippen LogP contribution is -2.42. The number of nitrogens with zero attached hydrogens (tertiary/aromatic N) is 4. The first-order valence-corrected chi connectivity index (χ1v) is 8.99. The van der Waals surface area contributed by atoms with E-state index < -0.39 is 6.10 Å². The van der Waals surface area contributed by atoms with E-state index in [-0.39, 0.29) is 12.0 Å². The molecular formula is C19H24N4O3. The summed E-state index contributed by atoms with van der Waals surface area (Å²) in [5, 5.41) is 14.3. The van der Waals surface area contributed by atoms with Gasteiger partial charge in [-0.05, 0) is 17.5 Å². The third-order valence-electron chi connectivity index (χ3n) is 5.12. The van der Waals surface area contributed by atoms with Crippen molar-refractivity contribution in [1.29, 1.82) is 0 Å². The Morgan fingerprint density at radius 1 is 1.31 bits per heavy atom. The van der Waals surface area contributed by atoms with Crippen molar-refractivity contribution in [1.82, 2.24) is 19.6 Å². The third-order valence-corrected chi connectivity index (χ3v) is 5.12. The number of ether oxygens (including phenoxy) is 1. The minimum atomic E-state index is -0.606. The Hall–Kier alpha value is -2.38. The van der Waals surface area contributed by atoms with E-state index in [0.717, 1.165) is 13.0 Å². The van der Waals surface area contributed by atoms with E-state index >= 15 is 0 Å². The molecular weight excluding hydrogens is 332 g/mol. The molecule has 4 rings (SSSR count). The zero-order valence-electron chi connectivity index (χ0n) is 14.9. The monoisotopic (exact) mass is 356 g/mol. The highest BCUT2D eigenvalue weighted by atomic mass is 16.5. The number of amides is 1. The summed E-state index contributed by atoms with van der Waals surface area (Å²) >= 11 is 0. The SMILES string of the molecule is Cn1cc(O[C@@H]2CN(CC(=O)N3CCc4ccccc4C3)C[C@H]2O)cn1. The molecule has 0 spiro atoms. The average molecular weight is 356 g/mol. The summed E-state index contributed by atoms with van der Waals surface area (Å²) in [4.78, 5) is 16.6. The van der Waals surface area contributed by atoms with Crippen LogP contribution in [0.3, 0.4) is 0 Å². The van der Waals surface area contributed by atoms with Crippen LogP contribution in [-0.4, -0.2) is 69.0 Å². The smallest absolute Gasteiger partial charge is 0.237 e. The molecule has 0 unspecified atom stereocenters. The van der Waals surface area contributed by atoms with Gasteiger partial charge in [0.15, 0.2) is 5.75 Å². The van der Waals surface area contributed by atoms with Crippen LogP contribution in [0.15, 0.2) is 36.7 Å². The highest BCUT2D eigenvalue weighted by Crippen LogP contribution is 2.21. The zero-order chi connectivity index (χ0) is 18.1. The van der Waals surface area contributed by atoms with Crippen LogP contribution in [0.4, 0.5) is 0 Å². The molecule has 1 N–H and O–H groups in total. The fourth-order valence-corrected chi connectivity index (χ4v) is 3.71. The minimum Gasteiger partial charge on any atom is -0.483 e. The maximum absolute atomic E-state index is 12.7. The summed E-state index contributed by atoms with van der Waals surface area (Å²) in [5.74, 6) is 0.742. The Labute approximate surface area is 152 Å². The van der Waals surface area contributed by atoms with Crippen LogP contribution in [0.1, 0.15) is 11.1 Å². The molecule has 3 heterocycles. The second kappa shape index (κ2) is 7.09. The molecule has 1 aromatic carbocycles. The Balaban J connectivity index is 1.32. The molecule has 1 fully saturated rings. The molecule has 2 aromatic rings. The van der Waals surface area contributed by atoms with E-state index in [1.807, 2.05) is 29.0 Å². The minimum absolute atomic E-state index is 0.105. The second-order valence-electron chi connectivity index (χ2n) is 7.10. The number of benzene rings is 1. The molecule has 0 radical (unpaired) electrons. The van der Waals surface area contributed by atoms with Crippen molar-refractivity contribution >= 4 is 5.91 Å². The lowest BCUT2D eigenvalue weighted by atomic mass is 10.00. The van der Waals surface area contributed by atoms with Gasteiger partial charge in [-0.3, -0.25) is 14.4 Å². The van der Waals surface area contributed by atoms with Gasteiger partial charge in [-0.25, -0.2) is 0 Å². The molecule has 7 nitrogen and oxygen atoms in total. The first-order chi connectivity index (χ1) is 12.6. The van der Waals surface area contributed by atoms with Crippen molar-refractivity contribution in [2.75, 3.05) is 26.2 Å². The number of likely N-dealkylation sites (tertiary alicyclic amines) is 1. The fourth-order valence-electron chi connectivity index (χ4n) is 3.71. The largest absolute Gasteiger partial charge is 0.483 e. The number of rotatable bonds is 4. The molecule has 26 heavy (non-hydrogen) atoms. The van der Waals surface area contributed by atoms with Crippen molar-refractivity contribution in [3.05, 3.63) is 47.8 Å². The maximum Gasteiger partial charge on any atom is 0.237 e. The van der Waals surface area contributed by atoms with Crippen molar-refractivity contribution in [2.24, 2.45) is 7.05 Å². The van der Waals surface area contributed by atoms with Crippen LogP contribution in [0.5, 0.6) is 5.75 Å². The molecule has 2 aliphatic rings. The molecule has 0 saturated carbocycles. The molecule has 2 aliphatic heterocycles. The average Bonchev–Trinajstić information content (AvgIpc) is 3.20. The van der Waals surface area contributed by atoms with Gasteiger partial charge in [-0.1, -0.05) is 24.3 Å². The first kappa shape index (κ1) is 17.1. The molecule has 7 heteroatoms. The Bertz CT molecular complexity index is 791. The quantitative estimate of drug-likeness (QED) is 0.860. The zero-order valence-corrected chi connectivity index (χ0v) is 14.9. The van der Waals surface area contributed by atoms with Gasteiger partial charge < -0.3 is 14.7 Å². The van der Waals surface area contributed by atoms with Crippen molar-refractivity contribution < 1.29 is 14.6 Å². The van der Waals surface area contributed by atoms with Crippen LogP contribution in [0.25, 0.3) is 0 Å². The first-order valence-electron chi connectivity index (χ1n) is 8.99. The van der Waals surface area contributed by atoms with Crippen molar-refractivity contribution in [3.63, 3.8) is 0 Å². The van der Waals surface area contributed by atoms with Crippen LogP contribution in [-0.2, 0) is 24.8 Å². The number of hydrogen-bond acceptors (Lipinski definition) is 5. The Morgan fingerprint density at radius 3 is 2.88 bits per heavy atom. The molecule has 0 bridgehead atoms. The van der Waals surface area contributed by atoms with Gasteiger partial charge in [0.2, 0.25) is 5.91 Å². The topological polar surface area (TPSA) is 70.8 Å². The normalized spacial score (nSPS) is 23.1. The number of aromatic nitrogens is 2. The van der Waals surface area contributed by atoms with E-state index in [2.05, 4.69) is 17.2 Å². The Kier molecular flexibility index (Phi) is 4.65. The maximum atomic E-state index is 12.7. The summed E-state index contributed by atoms with van der Waals surface area (Å²) in [6.07, 6.45) is 3.36. The number of carbonyl (C=O) groups excluding carboxylic acids is 1. The summed E-state index contributed by atoms with van der Waals surface area (Å²) < 4.78 is 7.47.